The summed E-state index contributed by atoms with van der Waals surface area (Å²) >= 11 is 0. The van der Waals surface area contributed by atoms with Gasteiger partial charge in [-0.25, -0.2) is 3.97 Å². The third kappa shape index (κ3) is 4.44. The molecule has 9 heteroatoms. The second-order valence-electron chi connectivity index (χ2n) is 7.81. The SMILES string of the molecule is CN(C)S(=O)(=O)n1cc(C=C(NC(=O)c2ccccc2)C(=O)NC2CC2)c2ccccc21. The fraction of sp³-hybridized carbons (Fsp3) is 0.217. The largest absolute Gasteiger partial charge is 0.348 e. The molecule has 0 atom stereocenters. The molecule has 1 saturated carbocycles. The highest BCUT2D eigenvalue weighted by molar-refractivity contribution is 7.87. The molecule has 1 aromatic heterocycles. The summed E-state index contributed by atoms with van der Waals surface area (Å²) in [6.45, 7) is 0. The summed E-state index contributed by atoms with van der Waals surface area (Å²) in [4.78, 5) is 25.6. The summed E-state index contributed by atoms with van der Waals surface area (Å²) in [5.74, 6) is -0.837. The lowest BCUT2D eigenvalue weighted by Crippen LogP contribution is -2.35. The van der Waals surface area contributed by atoms with E-state index in [9.17, 15) is 18.0 Å². The average Bonchev–Trinajstić information content (AvgIpc) is 3.52. The molecule has 0 spiro atoms. The van der Waals surface area contributed by atoms with Crippen molar-refractivity contribution in [3.8, 4) is 0 Å². The number of nitrogens with one attached hydrogen (secondary N) is 2. The monoisotopic (exact) mass is 452 g/mol. The summed E-state index contributed by atoms with van der Waals surface area (Å²) in [7, 11) is -0.876. The summed E-state index contributed by atoms with van der Waals surface area (Å²) in [6.07, 6.45) is 4.76. The molecule has 0 radical (unpaired) electrons. The highest BCUT2D eigenvalue weighted by atomic mass is 32.2. The van der Waals surface area contributed by atoms with E-state index in [1.54, 1.807) is 54.6 Å². The maximum Gasteiger partial charge on any atom is 0.307 e. The van der Waals surface area contributed by atoms with Gasteiger partial charge in [0, 0.05) is 42.8 Å². The summed E-state index contributed by atoms with van der Waals surface area (Å²) < 4.78 is 27.9. The van der Waals surface area contributed by atoms with E-state index in [-0.39, 0.29) is 11.7 Å². The summed E-state index contributed by atoms with van der Waals surface area (Å²) in [5.41, 5.74) is 1.44. The van der Waals surface area contributed by atoms with Gasteiger partial charge in [0.05, 0.1) is 5.52 Å². The number of rotatable bonds is 7. The number of para-hydroxylation sites is 1. The van der Waals surface area contributed by atoms with Gasteiger partial charge >= 0.3 is 10.2 Å². The number of hydrogen-bond acceptors (Lipinski definition) is 4. The first-order valence-electron chi connectivity index (χ1n) is 10.2. The zero-order chi connectivity index (χ0) is 22.9. The first-order chi connectivity index (χ1) is 15.3. The van der Waals surface area contributed by atoms with Gasteiger partial charge in [0.25, 0.3) is 11.8 Å². The van der Waals surface area contributed by atoms with Gasteiger partial charge in [-0.15, -0.1) is 0 Å². The molecule has 0 unspecified atom stereocenters. The van der Waals surface area contributed by atoms with Crippen LogP contribution in [0.2, 0.25) is 0 Å². The molecule has 2 aromatic carbocycles. The molecule has 2 amide bonds. The van der Waals surface area contributed by atoms with E-state index in [4.69, 9.17) is 0 Å². The molecule has 8 nitrogen and oxygen atoms in total. The van der Waals surface area contributed by atoms with Crippen LogP contribution in [-0.2, 0) is 15.0 Å². The van der Waals surface area contributed by atoms with E-state index in [1.807, 2.05) is 0 Å². The Morgan fingerprint density at radius 3 is 2.34 bits per heavy atom. The third-order valence-corrected chi connectivity index (χ3v) is 6.88. The second kappa shape index (κ2) is 8.60. The summed E-state index contributed by atoms with van der Waals surface area (Å²) in [5, 5.41) is 6.21. The maximum absolute atomic E-state index is 12.9. The van der Waals surface area contributed by atoms with E-state index in [1.165, 1.54) is 30.3 Å². The quantitative estimate of drug-likeness (QED) is 0.538. The van der Waals surface area contributed by atoms with Crippen LogP contribution in [0.15, 0.2) is 66.5 Å². The molecular formula is C23H24N4O4S. The molecule has 0 bridgehead atoms. The van der Waals surface area contributed by atoms with Gasteiger partial charge < -0.3 is 10.6 Å². The number of aromatic nitrogens is 1. The van der Waals surface area contributed by atoms with E-state index in [0.29, 0.717) is 22.0 Å². The van der Waals surface area contributed by atoms with Crippen LogP contribution in [0.4, 0.5) is 0 Å². The Morgan fingerprint density at radius 1 is 1.03 bits per heavy atom. The Kier molecular flexibility index (Phi) is 5.86. The Labute approximate surface area is 186 Å². The van der Waals surface area contributed by atoms with Crippen molar-refractivity contribution >= 4 is 39.0 Å². The molecule has 0 saturated heterocycles. The second-order valence-corrected chi connectivity index (χ2v) is 9.83. The molecule has 1 fully saturated rings. The van der Waals surface area contributed by atoms with Crippen molar-refractivity contribution in [2.45, 2.75) is 18.9 Å². The zero-order valence-electron chi connectivity index (χ0n) is 17.8. The first kappa shape index (κ1) is 21.8. The fourth-order valence-electron chi connectivity index (χ4n) is 3.25. The van der Waals surface area contributed by atoms with Crippen LogP contribution in [0.3, 0.4) is 0 Å². The predicted octanol–water partition coefficient (Wildman–Crippen LogP) is 2.35. The lowest BCUT2D eigenvalue weighted by Gasteiger charge is -2.13. The lowest BCUT2D eigenvalue weighted by molar-refractivity contribution is -0.117. The van der Waals surface area contributed by atoms with Crippen LogP contribution in [0.5, 0.6) is 0 Å². The molecule has 166 valence electrons. The Balaban J connectivity index is 1.79. The smallest absolute Gasteiger partial charge is 0.307 e. The van der Waals surface area contributed by atoms with Crippen molar-refractivity contribution in [2.75, 3.05) is 14.1 Å². The van der Waals surface area contributed by atoms with Crippen LogP contribution >= 0.6 is 0 Å². The van der Waals surface area contributed by atoms with Gasteiger partial charge in [-0.1, -0.05) is 36.4 Å². The minimum absolute atomic E-state index is 0.0518. The van der Waals surface area contributed by atoms with Crippen LogP contribution in [0.1, 0.15) is 28.8 Å². The standard InChI is InChI=1S/C23H24N4O4S/c1-26(2)32(30,31)27-15-17(19-10-6-7-11-21(19)27)14-20(23(29)24-18-12-13-18)25-22(28)16-8-4-3-5-9-16/h3-11,14-15,18H,12-13H2,1-2H3,(H,24,29)(H,25,28). The lowest BCUT2D eigenvalue weighted by atomic mass is 10.1. The fourth-order valence-corrected chi connectivity index (χ4v) is 4.25. The number of carbonyl (C=O) groups is 2. The Morgan fingerprint density at radius 2 is 1.69 bits per heavy atom. The molecule has 3 aromatic rings. The van der Waals surface area contributed by atoms with Crippen LogP contribution < -0.4 is 10.6 Å². The van der Waals surface area contributed by atoms with Gasteiger partial charge in [-0.05, 0) is 37.1 Å². The number of nitrogens with zero attached hydrogens (tertiary/aromatic N) is 2. The topological polar surface area (TPSA) is 101 Å². The van der Waals surface area contributed by atoms with Gasteiger partial charge in [0.2, 0.25) is 0 Å². The molecule has 1 aliphatic carbocycles. The molecule has 2 N–H and O–H groups in total. The Hall–Kier alpha value is -3.43. The zero-order valence-corrected chi connectivity index (χ0v) is 18.6. The van der Waals surface area contributed by atoms with E-state index in [0.717, 1.165) is 17.1 Å². The maximum atomic E-state index is 12.9. The van der Waals surface area contributed by atoms with Crippen molar-refractivity contribution < 1.29 is 18.0 Å². The predicted molar refractivity (Wildman–Crippen MR) is 123 cm³/mol. The van der Waals surface area contributed by atoms with E-state index < -0.39 is 22.0 Å². The number of fused-ring (bicyclic) bond motifs is 1. The molecule has 4 rings (SSSR count). The van der Waals surface area contributed by atoms with Crippen LogP contribution in [0, 0.1) is 0 Å². The third-order valence-electron chi connectivity index (χ3n) is 5.16. The summed E-state index contributed by atoms with van der Waals surface area (Å²) in [6, 6.07) is 15.7. The normalized spacial score (nSPS) is 14.5. The molecule has 1 aliphatic rings. The number of benzene rings is 2. The van der Waals surface area contributed by atoms with Gasteiger partial charge in [0.1, 0.15) is 5.70 Å². The molecular weight excluding hydrogens is 428 g/mol. The average molecular weight is 453 g/mol. The van der Waals surface area contributed by atoms with Crippen molar-refractivity contribution in [3.05, 3.63) is 77.6 Å². The van der Waals surface area contributed by atoms with Crippen LogP contribution in [-0.4, -0.2) is 48.6 Å². The molecule has 1 heterocycles. The minimum Gasteiger partial charge on any atom is -0.348 e. The number of carbonyl (C=O) groups excluding carboxylic acids is 2. The van der Waals surface area contributed by atoms with Crippen molar-refractivity contribution in [3.63, 3.8) is 0 Å². The van der Waals surface area contributed by atoms with Crippen molar-refractivity contribution in [1.29, 1.82) is 0 Å². The van der Waals surface area contributed by atoms with Crippen molar-refractivity contribution in [2.24, 2.45) is 0 Å². The van der Waals surface area contributed by atoms with E-state index in [2.05, 4.69) is 10.6 Å². The Bertz CT molecular complexity index is 1310. The number of hydrogen-bond donors (Lipinski definition) is 2. The number of amides is 2. The van der Waals surface area contributed by atoms with Gasteiger partial charge in [-0.2, -0.15) is 12.7 Å². The van der Waals surface area contributed by atoms with Crippen LogP contribution in [0.25, 0.3) is 17.0 Å². The first-order valence-corrected chi connectivity index (χ1v) is 11.6. The highest BCUT2D eigenvalue weighted by Crippen LogP contribution is 2.26. The van der Waals surface area contributed by atoms with Crippen molar-refractivity contribution in [1.82, 2.24) is 18.9 Å². The van der Waals surface area contributed by atoms with E-state index >= 15 is 0 Å². The molecule has 0 aliphatic heterocycles. The minimum atomic E-state index is -3.78. The highest BCUT2D eigenvalue weighted by Gasteiger charge is 2.26. The van der Waals surface area contributed by atoms with Gasteiger partial charge in [-0.3, -0.25) is 9.59 Å². The van der Waals surface area contributed by atoms with Gasteiger partial charge in [0.15, 0.2) is 0 Å². The molecule has 32 heavy (non-hydrogen) atoms.